The van der Waals surface area contributed by atoms with Gasteiger partial charge in [-0.3, -0.25) is 0 Å². The molecule has 0 atom stereocenters. The van der Waals surface area contributed by atoms with Crippen molar-refractivity contribution >= 4 is 17.0 Å². The molecule has 0 bridgehead atoms. The van der Waals surface area contributed by atoms with E-state index in [9.17, 15) is 5.11 Å². The van der Waals surface area contributed by atoms with Crippen LogP contribution in [0.2, 0.25) is 0 Å². The Morgan fingerprint density at radius 2 is 1.57 bits per heavy atom. The second-order valence-electron chi connectivity index (χ2n) is 7.56. The highest BCUT2D eigenvalue weighted by Crippen LogP contribution is 2.33. The molecular formula is C25H28N2O. The molecule has 0 aliphatic heterocycles. The van der Waals surface area contributed by atoms with E-state index in [1.807, 2.05) is 41.2 Å². The van der Waals surface area contributed by atoms with Crippen molar-refractivity contribution in [2.45, 2.75) is 13.5 Å². The highest BCUT2D eigenvalue weighted by molar-refractivity contribution is 6.04. The molecule has 0 saturated heterocycles. The molecule has 3 nitrogen and oxygen atoms in total. The minimum atomic E-state index is -0.230. The molecule has 0 spiro atoms. The number of anilines is 1. The quantitative estimate of drug-likeness (QED) is 0.768. The summed E-state index contributed by atoms with van der Waals surface area (Å²) in [5, 5.41) is 11.9. The number of benzene rings is 2. The maximum atomic E-state index is 11.9. The third-order valence-corrected chi connectivity index (χ3v) is 5.03. The normalized spacial score (nSPS) is 13.1. The minimum Gasteiger partial charge on any atom is -0.851 e. The van der Waals surface area contributed by atoms with E-state index < -0.39 is 0 Å². The first kappa shape index (κ1) is 19.8. The first-order chi connectivity index (χ1) is 13.4. The van der Waals surface area contributed by atoms with Gasteiger partial charge in [-0.05, 0) is 53.5 Å². The van der Waals surface area contributed by atoms with Gasteiger partial charge < -0.3 is 10.0 Å². The standard InChI is InChI=1S/C25H28N2O/c1-18-6-15-24(21(16-18)17-28)25(19-7-11-22(12-8-19)26(2)3)20-9-13-23(14-10-20)27(4)5/h6-16H,17H2,1-5H3. The molecule has 3 heteroatoms. The number of rotatable bonds is 4. The Kier molecular flexibility index (Phi) is 5.96. The lowest BCUT2D eigenvalue weighted by Crippen LogP contribution is -2.11. The summed E-state index contributed by atoms with van der Waals surface area (Å²) in [6, 6.07) is 14.7. The van der Waals surface area contributed by atoms with E-state index >= 15 is 0 Å². The summed E-state index contributed by atoms with van der Waals surface area (Å²) in [5.74, 6) is 0. The van der Waals surface area contributed by atoms with Gasteiger partial charge in [0, 0.05) is 31.9 Å². The molecule has 0 N–H and O–H groups in total. The average Bonchev–Trinajstić information content (AvgIpc) is 2.70. The van der Waals surface area contributed by atoms with Crippen LogP contribution >= 0.6 is 0 Å². The topological polar surface area (TPSA) is 29.3 Å². The Bertz CT molecular complexity index is 968. The maximum absolute atomic E-state index is 11.9. The molecule has 3 rings (SSSR count). The Labute approximate surface area is 168 Å². The van der Waals surface area contributed by atoms with E-state index in [1.54, 1.807) is 0 Å². The zero-order chi connectivity index (χ0) is 20.3. The molecule has 144 valence electrons. The largest absolute Gasteiger partial charge is 0.851 e. The third-order valence-electron chi connectivity index (χ3n) is 5.03. The van der Waals surface area contributed by atoms with E-state index in [1.165, 1.54) is 0 Å². The van der Waals surface area contributed by atoms with Gasteiger partial charge in [0.25, 0.3) is 0 Å². The fourth-order valence-corrected chi connectivity index (χ4v) is 3.42. The van der Waals surface area contributed by atoms with Gasteiger partial charge in [0.15, 0.2) is 5.71 Å². The molecule has 0 unspecified atom stereocenters. The number of aryl methyl sites for hydroxylation is 1. The first-order valence-corrected chi connectivity index (χ1v) is 9.51. The van der Waals surface area contributed by atoms with Crippen LogP contribution in [-0.2, 0) is 6.61 Å². The highest BCUT2D eigenvalue weighted by Gasteiger charge is 2.15. The lowest BCUT2D eigenvalue weighted by Gasteiger charge is -2.20. The van der Waals surface area contributed by atoms with Crippen LogP contribution in [0.25, 0.3) is 5.57 Å². The van der Waals surface area contributed by atoms with Gasteiger partial charge in [0.05, 0.1) is 0 Å². The van der Waals surface area contributed by atoms with Gasteiger partial charge >= 0.3 is 0 Å². The molecule has 0 aromatic heterocycles. The Morgan fingerprint density at radius 1 is 0.929 bits per heavy atom. The van der Waals surface area contributed by atoms with E-state index in [0.717, 1.165) is 44.8 Å². The van der Waals surface area contributed by atoms with Gasteiger partial charge in [0.2, 0.25) is 0 Å². The fraction of sp³-hybridized carbons (Fsp3) is 0.240. The average molecular weight is 373 g/mol. The number of hydrogen-bond acceptors (Lipinski definition) is 2. The second-order valence-corrected chi connectivity index (χ2v) is 7.56. The smallest absolute Gasteiger partial charge is 0.199 e. The van der Waals surface area contributed by atoms with Gasteiger partial charge in [-0.25, -0.2) is 4.58 Å². The zero-order valence-corrected chi connectivity index (χ0v) is 17.4. The molecule has 2 aromatic carbocycles. The van der Waals surface area contributed by atoms with Crippen LogP contribution < -0.4 is 10.0 Å². The van der Waals surface area contributed by atoms with Crippen LogP contribution in [-0.4, -0.2) is 38.5 Å². The van der Waals surface area contributed by atoms with Crippen molar-refractivity contribution in [2.75, 3.05) is 33.1 Å². The third kappa shape index (κ3) is 4.15. The highest BCUT2D eigenvalue weighted by atomic mass is 16.3. The van der Waals surface area contributed by atoms with Crippen molar-refractivity contribution in [3.05, 3.63) is 94.6 Å². The first-order valence-electron chi connectivity index (χ1n) is 9.51. The van der Waals surface area contributed by atoms with Crippen molar-refractivity contribution in [1.82, 2.24) is 0 Å². The fourth-order valence-electron chi connectivity index (χ4n) is 3.42. The SMILES string of the molecule is Cc1ccc(C(=C2C=CC(=[N+](C)C)C=C2)c2ccc(N(C)C)cc2)c(C[O-])c1. The van der Waals surface area contributed by atoms with Crippen LogP contribution in [0.5, 0.6) is 0 Å². The predicted octanol–water partition coefficient (Wildman–Crippen LogP) is 3.56. The Morgan fingerprint density at radius 3 is 2.11 bits per heavy atom. The predicted molar refractivity (Wildman–Crippen MR) is 117 cm³/mol. The van der Waals surface area contributed by atoms with E-state index in [2.05, 4.69) is 70.2 Å². The number of allylic oxidation sites excluding steroid dienone is 5. The summed E-state index contributed by atoms with van der Waals surface area (Å²) in [6.45, 7) is 1.80. The van der Waals surface area contributed by atoms with Gasteiger partial charge in [-0.15, -0.1) is 6.61 Å². The molecule has 0 radical (unpaired) electrons. The van der Waals surface area contributed by atoms with Gasteiger partial charge in [0.1, 0.15) is 14.1 Å². The number of nitrogens with zero attached hydrogens (tertiary/aromatic N) is 2. The summed E-state index contributed by atoms with van der Waals surface area (Å²) in [6.07, 6.45) is 8.51. The van der Waals surface area contributed by atoms with Crippen LogP contribution in [0.4, 0.5) is 5.69 Å². The molecular weight excluding hydrogens is 344 g/mol. The summed E-state index contributed by atoms with van der Waals surface area (Å²) in [7, 11) is 8.15. The summed E-state index contributed by atoms with van der Waals surface area (Å²) < 4.78 is 2.09. The van der Waals surface area contributed by atoms with Gasteiger partial charge in [-0.1, -0.05) is 41.5 Å². The van der Waals surface area contributed by atoms with Crippen molar-refractivity contribution in [3.63, 3.8) is 0 Å². The number of hydrogen-bond donors (Lipinski definition) is 0. The lowest BCUT2D eigenvalue weighted by atomic mass is 9.87. The van der Waals surface area contributed by atoms with Crippen LogP contribution in [0.15, 0.2) is 72.3 Å². The van der Waals surface area contributed by atoms with Crippen LogP contribution in [0, 0.1) is 6.92 Å². The molecule has 0 heterocycles. The zero-order valence-electron chi connectivity index (χ0n) is 17.4. The van der Waals surface area contributed by atoms with E-state index in [-0.39, 0.29) is 6.61 Å². The lowest BCUT2D eigenvalue weighted by molar-refractivity contribution is -0.462. The molecule has 28 heavy (non-hydrogen) atoms. The minimum absolute atomic E-state index is 0.230. The summed E-state index contributed by atoms with van der Waals surface area (Å²) in [5.41, 5.74) is 8.59. The van der Waals surface area contributed by atoms with Crippen molar-refractivity contribution in [2.24, 2.45) is 0 Å². The maximum Gasteiger partial charge on any atom is 0.199 e. The Hall–Kier alpha value is -2.91. The summed E-state index contributed by atoms with van der Waals surface area (Å²) >= 11 is 0. The van der Waals surface area contributed by atoms with Crippen LogP contribution in [0.1, 0.15) is 22.3 Å². The Balaban J connectivity index is 2.21. The molecule has 0 fully saturated rings. The summed E-state index contributed by atoms with van der Waals surface area (Å²) in [4.78, 5) is 2.09. The van der Waals surface area contributed by atoms with Gasteiger partial charge in [-0.2, -0.15) is 0 Å². The molecule has 1 aliphatic rings. The van der Waals surface area contributed by atoms with Crippen molar-refractivity contribution in [3.8, 4) is 0 Å². The molecule has 0 saturated carbocycles. The molecule has 2 aromatic rings. The second kappa shape index (κ2) is 8.41. The monoisotopic (exact) mass is 372 g/mol. The van der Waals surface area contributed by atoms with E-state index in [4.69, 9.17) is 0 Å². The van der Waals surface area contributed by atoms with E-state index in [0.29, 0.717) is 0 Å². The van der Waals surface area contributed by atoms with Crippen molar-refractivity contribution < 1.29 is 9.68 Å². The molecule has 0 amide bonds. The van der Waals surface area contributed by atoms with Crippen molar-refractivity contribution in [1.29, 1.82) is 0 Å². The van der Waals surface area contributed by atoms with Crippen LogP contribution in [0.3, 0.4) is 0 Å². The molecule has 1 aliphatic carbocycles.